The Balaban J connectivity index is 1.84. The number of rotatable bonds is 8. The predicted molar refractivity (Wildman–Crippen MR) is 98.3 cm³/mol. The van der Waals surface area contributed by atoms with Crippen LogP contribution in [0, 0.1) is 17.6 Å². The zero-order valence-electron chi connectivity index (χ0n) is 14.5. The molecule has 3 rings (SSSR count). The molecule has 2 unspecified atom stereocenters. The Bertz CT molecular complexity index is 789. The molecule has 6 heteroatoms. The maximum absolute atomic E-state index is 14.7. The minimum Gasteiger partial charge on any atom is -0.481 e. The van der Waals surface area contributed by atoms with Gasteiger partial charge in [-0.2, -0.15) is 0 Å². The maximum Gasteiger partial charge on any atom is 0.303 e. The number of nitrogens with zero attached hydrogens (tertiary/aromatic N) is 1. The second kappa shape index (κ2) is 8.16. The number of carboxylic acid groups (broad SMARTS) is 1. The quantitative estimate of drug-likeness (QED) is 0.618. The molecule has 1 fully saturated rings. The third-order valence-corrected chi connectivity index (χ3v) is 5.84. The maximum atomic E-state index is 14.7. The van der Waals surface area contributed by atoms with Crippen molar-refractivity contribution in [1.82, 2.24) is 4.98 Å². The summed E-state index contributed by atoms with van der Waals surface area (Å²) >= 11 is 1.57. The lowest BCUT2D eigenvalue weighted by Crippen LogP contribution is -1.99. The Morgan fingerprint density at radius 3 is 2.73 bits per heavy atom. The highest BCUT2D eigenvalue weighted by molar-refractivity contribution is 7.99. The minimum absolute atomic E-state index is 0.0379. The molecule has 0 radical (unpaired) electrons. The highest BCUT2D eigenvalue weighted by Gasteiger charge is 2.41. The van der Waals surface area contributed by atoms with Gasteiger partial charge in [0, 0.05) is 23.7 Å². The van der Waals surface area contributed by atoms with Crippen molar-refractivity contribution in [3.8, 4) is 11.1 Å². The fraction of sp³-hybridized carbons (Fsp3) is 0.400. The van der Waals surface area contributed by atoms with Crippen LogP contribution in [0.15, 0.2) is 35.5 Å². The van der Waals surface area contributed by atoms with Crippen LogP contribution >= 0.6 is 11.8 Å². The molecule has 0 saturated heterocycles. The first-order chi connectivity index (χ1) is 12.5. The Morgan fingerprint density at radius 2 is 2.08 bits per heavy atom. The Morgan fingerprint density at radius 1 is 1.35 bits per heavy atom. The summed E-state index contributed by atoms with van der Waals surface area (Å²) in [6, 6.07) is 6.33. The van der Waals surface area contributed by atoms with E-state index in [1.165, 1.54) is 12.1 Å². The standard InChI is InChI=1S/C20H21F2NO2S/c1-2-8-26-20-14(4-3-7-23-20)13-10-16(21)19(17(22)11-13)15-9-12(15)5-6-18(24)25/h3-4,7,10-12,15H,2,5-6,8-9H2,1H3,(H,24,25). The molecule has 1 aliphatic carbocycles. The molecule has 2 atom stereocenters. The van der Waals surface area contributed by atoms with E-state index in [2.05, 4.69) is 11.9 Å². The fourth-order valence-corrected chi connectivity index (χ4v) is 4.12. The van der Waals surface area contributed by atoms with E-state index < -0.39 is 17.6 Å². The van der Waals surface area contributed by atoms with Crippen LogP contribution in [0.4, 0.5) is 8.78 Å². The molecule has 0 aliphatic heterocycles. The van der Waals surface area contributed by atoms with E-state index in [9.17, 15) is 13.6 Å². The third kappa shape index (κ3) is 4.23. The molecule has 1 heterocycles. The van der Waals surface area contributed by atoms with Crippen LogP contribution in [0.3, 0.4) is 0 Å². The first-order valence-corrected chi connectivity index (χ1v) is 9.78. The molecule has 1 aromatic carbocycles. The van der Waals surface area contributed by atoms with E-state index in [-0.39, 0.29) is 23.8 Å². The van der Waals surface area contributed by atoms with Crippen LogP contribution in [0.1, 0.15) is 44.1 Å². The van der Waals surface area contributed by atoms with Gasteiger partial charge in [0.15, 0.2) is 0 Å². The van der Waals surface area contributed by atoms with E-state index in [0.717, 1.165) is 22.8 Å². The van der Waals surface area contributed by atoms with Crippen molar-refractivity contribution < 1.29 is 18.7 Å². The van der Waals surface area contributed by atoms with Gasteiger partial charge in [-0.05, 0) is 60.6 Å². The topological polar surface area (TPSA) is 50.2 Å². The zero-order chi connectivity index (χ0) is 18.7. The Kier molecular flexibility index (Phi) is 5.91. The first-order valence-electron chi connectivity index (χ1n) is 8.80. The molecule has 1 saturated carbocycles. The van der Waals surface area contributed by atoms with Crippen molar-refractivity contribution in [2.45, 2.75) is 43.6 Å². The lowest BCUT2D eigenvalue weighted by Gasteiger charge is -2.11. The van der Waals surface area contributed by atoms with Gasteiger partial charge in [0.25, 0.3) is 0 Å². The molecule has 26 heavy (non-hydrogen) atoms. The number of hydrogen-bond donors (Lipinski definition) is 1. The summed E-state index contributed by atoms with van der Waals surface area (Å²) in [5.74, 6) is -1.27. The number of thioether (sulfide) groups is 1. The fourth-order valence-electron chi connectivity index (χ4n) is 3.25. The van der Waals surface area contributed by atoms with Gasteiger partial charge in [-0.3, -0.25) is 4.79 Å². The van der Waals surface area contributed by atoms with E-state index in [0.29, 0.717) is 18.4 Å². The lowest BCUT2D eigenvalue weighted by molar-refractivity contribution is -0.137. The average Bonchev–Trinajstić information content (AvgIpc) is 3.37. The summed E-state index contributed by atoms with van der Waals surface area (Å²) in [4.78, 5) is 15.0. The average molecular weight is 377 g/mol. The van der Waals surface area contributed by atoms with Gasteiger partial charge in [-0.25, -0.2) is 13.8 Å². The monoisotopic (exact) mass is 377 g/mol. The van der Waals surface area contributed by atoms with Gasteiger partial charge in [-0.1, -0.05) is 13.0 Å². The van der Waals surface area contributed by atoms with Crippen molar-refractivity contribution in [3.05, 3.63) is 47.7 Å². The van der Waals surface area contributed by atoms with Gasteiger partial charge in [0.2, 0.25) is 0 Å². The Labute approximate surface area is 155 Å². The van der Waals surface area contributed by atoms with Gasteiger partial charge in [0.1, 0.15) is 16.7 Å². The predicted octanol–water partition coefficient (Wildman–Crippen LogP) is 5.50. The largest absolute Gasteiger partial charge is 0.481 e. The Hall–Kier alpha value is -1.95. The van der Waals surface area contributed by atoms with Gasteiger partial charge >= 0.3 is 5.97 Å². The molecule has 1 aromatic heterocycles. The number of pyridine rings is 1. The zero-order valence-corrected chi connectivity index (χ0v) is 15.4. The number of aromatic nitrogens is 1. The summed E-state index contributed by atoms with van der Waals surface area (Å²) in [5.41, 5.74) is 1.31. The van der Waals surface area contributed by atoms with Crippen molar-refractivity contribution in [1.29, 1.82) is 0 Å². The van der Waals surface area contributed by atoms with E-state index in [1.807, 2.05) is 6.07 Å². The summed E-state index contributed by atoms with van der Waals surface area (Å²) in [5, 5.41) is 9.52. The van der Waals surface area contributed by atoms with Crippen LogP contribution in [-0.4, -0.2) is 21.8 Å². The van der Waals surface area contributed by atoms with E-state index in [1.54, 1.807) is 24.0 Å². The smallest absolute Gasteiger partial charge is 0.303 e. The molecule has 1 N–H and O–H groups in total. The molecule has 0 bridgehead atoms. The van der Waals surface area contributed by atoms with E-state index in [4.69, 9.17) is 5.11 Å². The number of hydrogen-bond acceptors (Lipinski definition) is 3. The van der Waals surface area contributed by atoms with Crippen LogP contribution in [0.5, 0.6) is 0 Å². The normalized spacial score (nSPS) is 18.7. The van der Waals surface area contributed by atoms with E-state index >= 15 is 0 Å². The van der Waals surface area contributed by atoms with Gasteiger partial charge in [-0.15, -0.1) is 11.8 Å². The second-order valence-electron chi connectivity index (χ2n) is 6.59. The van der Waals surface area contributed by atoms with Gasteiger partial charge in [0.05, 0.1) is 0 Å². The highest BCUT2D eigenvalue weighted by atomic mass is 32.2. The summed E-state index contributed by atoms with van der Waals surface area (Å²) in [7, 11) is 0. The molecule has 138 valence electrons. The number of benzene rings is 1. The van der Waals surface area contributed by atoms with Crippen molar-refractivity contribution >= 4 is 17.7 Å². The van der Waals surface area contributed by atoms with Crippen molar-refractivity contribution in [3.63, 3.8) is 0 Å². The van der Waals surface area contributed by atoms with Crippen LogP contribution in [-0.2, 0) is 4.79 Å². The molecule has 2 aromatic rings. The second-order valence-corrected chi connectivity index (χ2v) is 7.68. The third-order valence-electron chi connectivity index (χ3n) is 4.63. The lowest BCUT2D eigenvalue weighted by atomic mass is 10.0. The number of halogens is 2. The molecule has 3 nitrogen and oxygen atoms in total. The summed E-state index contributed by atoms with van der Waals surface area (Å²) in [6.07, 6.45) is 3.81. The van der Waals surface area contributed by atoms with Gasteiger partial charge < -0.3 is 5.11 Å². The summed E-state index contributed by atoms with van der Waals surface area (Å²) < 4.78 is 29.3. The molecular weight excluding hydrogens is 356 g/mol. The summed E-state index contributed by atoms with van der Waals surface area (Å²) in [6.45, 7) is 2.07. The van der Waals surface area contributed by atoms with Crippen molar-refractivity contribution in [2.24, 2.45) is 5.92 Å². The minimum atomic E-state index is -0.874. The molecular formula is C20H21F2NO2S. The first kappa shape index (κ1) is 18.8. The van der Waals surface area contributed by atoms with Crippen LogP contribution < -0.4 is 0 Å². The van der Waals surface area contributed by atoms with Crippen molar-refractivity contribution in [2.75, 3.05) is 5.75 Å². The molecule has 0 spiro atoms. The molecule has 0 amide bonds. The number of aliphatic carboxylic acids is 1. The SMILES string of the molecule is CCCSc1ncccc1-c1cc(F)c(C2CC2CCC(=O)O)c(F)c1. The van der Waals surface area contributed by atoms with Crippen LogP contribution in [0.25, 0.3) is 11.1 Å². The number of carbonyl (C=O) groups is 1. The number of carboxylic acids is 1. The molecule has 1 aliphatic rings. The highest BCUT2D eigenvalue weighted by Crippen LogP contribution is 2.52. The van der Waals surface area contributed by atoms with Crippen LogP contribution in [0.2, 0.25) is 0 Å².